The third-order valence-corrected chi connectivity index (χ3v) is 5.21. The molecule has 7 heteroatoms. The number of nitrogens with one attached hydrogen (secondary N) is 1. The Morgan fingerprint density at radius 1 is 1.46 bits per heavy atom. The van der Waals surface area contributed by atoms with E-state index in [1.807, 2.05) is 18.2 Å². The van der Waals surface area contributed by atoms with Crippen LogP contribution in [0.4, 0.5) is 0 Å². The summed E-state index contributed by atoms with van der Waals surface area (Å²) in [5, 5.41) is 16.8. The molecule has 1 aliphatic carbocycles. The Morgan fingerprint density at radius 2 is 2.29 bits per heavy atom. The van der Waals surface area contributed by atoms with Crippen LogP contribution in [-0.2, 0) is 12.8 Å². The van der Waals surface area contributed by atoms with Crippen molar-refractivity contribution >= 4 is 17.4 Å². The number of pyridine rings is 1. The smallest absolute Gasteiger partial charge is 0.265 e. The standard InChI is InChI=1S/C17H22N4O2S/c1-2-5-14-16(24-21-20-14)17(23)19-15(11-8-13(22)9-11)10-12-6-3-4-7-18-12/h3-4,6-7,11,13,15,22H,2,5,8-10H2,1H3,(H,19,23). The van der Waals surface area contributed by atoms with Gasteiger partial charge in [-0.2, -0.15) is 0 Å². The Balaban J connectivity index is 1.71. The maximum absolute atomic E-state index is 12.7. The van der Waals surface area contributed by atoms with Crippen molar-refractivity contribution in [2.75, 3.05) is 0 Å². The molecule has 2 heterocycles. The third kappa shape index (κ3) is 3.96. The summed E-state index contributed by atoms with van der Waals surface area (Å²) in [4.78, 5) is 17.6. The first kappa shape index (κ1) is 17.0. The normalized spacial score (nSPS) is 21.1. The number of carbonyl (C=O) groups is 1. The highest BCUT2D eigenvalue weighted by Crippen LogP contribution is 2.32. The summed E-state index contributed by atoms with van der Waals surface area (Å²) in [5.41, 5.74) is 1.71. The Hall–Kier alpha value is -1.86. The zero-order valence-corrected chi connectivity index (χ0v) is 14.5. The molecule has 2 aromatic rings. The van der Waals surface area contributed by atoms with Crippen LogP contribution in [0.25, 0.3) is 0 Å². The molecule has 1 aliphatic rings. The van der Waals surface area contributed by atoms with E-state index in [4.69, 9.17) is 0 Å². The van der Waals surface area contributed by atoms with Crippen molar-refractivity contribution in [3.05, 3.63) is 40.7 Å². The summed E-state index contributed by atoms with van der Waals surface area (Å²) >= 11 is 1.15. The van der Waals surface area contributed by atoms with E-state index < -0.39 is 0 Å². The molecule has 1 saturated carbocycles. The van der Waals surface area contributed by atoms with Crippen molar-refractivity contribution < 1.29 is 9.90 Å². The van der Waals surface area contributed by atoms with Gasteiger partial charge in [-0.1, -0.05) is 23.9 Å². The highest BCUT2D eigenvalue weighted by Gasteiger charge is 2.35. The molecule has 1 atom stereocenters. The summed E-state index contributed by atoms with van der Waals surface area (Å²) in [5.74, 6) is 0.164. The summed E-state index contributed by atoms with van der Waals surface area (Å²) in [6.07, 6.45) is 5.31. The SMILES string of the molecule is CCCc1nnsc1C(=O)NC(Cc1ccccn1)C1CC(O)C1. The minimum atomic E-state index is -0.251. The molecule has 0 aliphatic heterocycles. The van der Waals surface area contributed by atoms with Crippen molar-refractivity contribution in [1.82, 2.24) is 19.9 Å². The summed E-state index contributed by atoms with van der Waals surface area (Å²) < 4.78 is 3.92. The molecule has 3 rings (SSSR count). The van der Waals surface area contributed by atoms with Gasteiger partial charge in [0.1, 0.15) is 4.88 Å². The van der Waals surface area contributed by atoms with Crippen LogP contribution in [0.15, 0.2) is 24.4 Å². The number of aliphatic hydroxyl groups excluding tert-OH is 1. The van der Waals surface area contributed by atoms with Gasteiger partial charge < -0.3 is 10.4 Å². The molecule has 2 aromatic heterocycles. The molecule has 6 nitrogen and oxygen atoms in total. The highest BCUT2D eigenvalue weighted by molar-refractivity contribution is 7.08. The minimum absolute atomic E-state index is 0.0348. The molecule has 1 fully saturated rings. The molecule has 2 N–H and O–H groups in total. The zero-order valence-electron chi connectivity index (χ0n) is 13.7. The minimum Gasteiger partial charge on any atom is -0.393 e. The van der Waals surface area contributed by atoms with Crippen LogP contribution in [0.3, 0.4) is 0 Å². The number of hydrogen-bond acceptors (Lipinski definition) is 6. The molecular weight excluding hydrogens is 324 g/mol. The predicted octanol–water partition coefficient (Wildman–Crippen LogP) is 2.00. The maximum Gasteiger partial charge on any atom is 0.265 e. The number of nitrogens with zero attached hydrogens (tertiary/aromatic N) is 3. The fourth-order valence-electron chi connectivity index (χ4n) is 3.05. The number of carbonyl (C=O) groups excluding carboxylic acids is 1. The Bertz CT molecular complexity index is 670. The quantitative estimate of drug-likeness (QED) is 0.800. The van der Waals surface area contributed by atoms with Gasteiger partial charge in [-0.15, -0.1) is 5.10 Å². The topological polar surface area (TPSA) is 88.0 Å². The molecule has 0 radical (unpaired) electrons. The van der Waals surface area contributed by atoms with Gasteiger partial charge in [0, 0.05) is 24.4 Å². The van der Waals surface area contributed by atoms with Gasteiger partial charge in [-0.25, -0.2) is 0 Å². The highest BCUT2D eigenvalue weighted by atomic mass is 32.1. The van der Waals surface area contributed by atoms with E-state index >= 15 is 0 Å². The van der Waals surface area contributed by atoms with Crippen LogP contribution in [0, 0.1) is 5.92 Å². The number of amides is 1. The predicted molar refractivity (Wildman–Crippen MR) is 91.8 cm³/mol. The lowest BCUT2D eigenvalue weighted by atomic mass is 9.76. The van der Waals surface area contributed by atoms with E-state index in [-0.39, 0.29) is 24.0 Å². The van der Waals surface area contributed by atoms with Crippen molar-refractivity contribution in [3.63, 3.8) is 0 Å². The summed E-state index contributed by atoms with van der Waals surface area (Å²) in [7, 11) is 0. The fraction of sp³-hybridized carbons (Fsp3) is 0.529. The van der Waals surface area contributed by atoms with Gasteiger partial charge in [-0.3, -0.25) is 9.78 Å². The third-order valence-electron chi connectivity index (χ3n) is 4.44. The molecule has 1 amide bonds. The average Bonchev–Trinajstić information content (AvgIpc) is 3.01. The Kier molecular flexibility index (Phi) is 5.52. The van der Waals surface area contributed by atoms with Gasteiger partial charge in [0.05, 0.1) is 11.8 Å². The lowest BCUT2D eigenvalue weighted by Crippen LogP contribution is -2.48. The van der Waals surface area contributed by atoms with Gasteiger partial charge in [0.15, 0.2) is 0 Å². The van der Waals surface area contributed by atoms with Gasteiger partial charge in [0.25, 0.3) is 5.91 Å². The molecule has 0 saturated heterocycles. The zero-order chi connectivity index (χ0) is 16.9. The molecule has 24 heavy (non-hydrogen) atoms. The van der Waals surface area contributed by atoms with E-state index in [1.54, 1.807) is 6.20 Å². The van der Waals surface area contributed by atoms with E-state index in [9.17, 15) is 9.90 Å². The van der Waals surface area contributed by atoms with Crippen LogP contribution in [-0.4, -0.2) is 37.7 Å². The molecular formula is C17H22N4O2S. The summed E-state index contributed by atoms with van der Waals surface area (Å²) in [6, 6.07) is 5.76. The van der Waals surface area contributed by atoms with E-state index in [0.29, 0.717) is 11.3 Å². The number of hydrogen-bond donors (Lipinski definition) is 2. The van der Waals surface area contributed by atoms with Gasteiger partial charge >= 0.3 is 0 Å². The first-order chi connectivity index (χ1) is 11.7. The van der Waals surface area contributed by atoms with Crippen LogP contribution in [0.5, 0.6) is 0 Å². The molecule has 0 aromatic carbocycles. The lowest BCUT2D eigenvalue weighted by molar-refractivity contribution is 0.0238. The molecule has 1 unspecified atom stereocenters. The molecule has 0 spiro atoms. The van der Waals surface area contributed by atoms with Crippen molar-refractivity contribution in [3.8, 4) is 0 Å². The van der Waals surface area contributed by atoms with Crippen molar-refractivity contribution in [1.29, 1.82) is 0 Å². The first-order valence-electron chi connectivity index (χ1n) is 8.37. The lowest BCUT2D eigenvalue weighted by Gasteiger charge is -2.38. The monoisotopic (exact) mass is 346 g/mol. The Morgan fingerprint density at radius 3 is 2.96 bits per heavy atom. The van der Waals surface area contributed by atoms with Crippen LogP contribution < -0.4 is 5.32 Å². The average molecular weight is 346 g/mol. The first-order valence-corrected chi connectivity index (χ1v) is 9.14. The van der Waals surface area contributed by atoms with Crippen LogP contribution in [0.2, 0.25) is 0 Å². The second kappa shape index (κ2) is 7.81. The number of aryl methyl sites for hydroxylation is 1. The second-order valence-corrected chi connectivity index (χ2v) is 7.04. The van der Waals surface area contributed by atoms with E-state index in [0.717, 1.165) is 48.6 Å². The van der Waals surface area contributed by atoms with Gasteiger partial charge in [-0.05, 0) is 48.8 Å². The van der Waals surface area contributed by atoms with Crippen LogP contribution in [0.1, 0.15) is 47.2 Å². The largest absolute Gasteiger partial charge is 0.393 e. The second-order valence-electron chi connectivity index (χ2n) is 6.29. The van der Waals surface area contributed by atoms with Gasteiger partial charge in [0.2, 0.25) is 0 Å². The van der Waals surface area contributed by atoms with Crippen molar-refractivity contribution in [2.24, 2.45) is 5.92 Å². The number of rotatable bonds is 7. The van der Waals surface area contributed by atoms with Crippen molar-refractivity contribution in [2.45, 2.75) is 51.2 Å². The number of aliphatic hydroxyl groups is 1. The fourth-order valence-corrected chi connectivity index (χ4v) is 3.66. The molecule has 0 bridgehead atoms. The number of aromatic nitrogens is 3. The maximum atomic E-state index is 12.7. The Labute approximate surface area is 145 Å². The van der Waals surface area contributed by atoms with Crippen LogP contribution >= 0.6 is 11.5 Å². The summed E-state index contributed by atoms with van der Waals surface area (Å²) in [6.45, 7) is 2.06. The van der Waals surface area contributed by atoms with E-state index in [1.165, 1.54) is 0 Å². The van der Waals surface area contributed by atoms with E-state index in [2.05, 4.69) is 26.8 Å². The molecule has 128 valence electrons.